The van der Waals surface area contributed by atoms with Gasteiger partial charge in [0.05, 0.1) is 6.04 Å². The van der Waals surface area contributed by atoms with Crippen molar-refractivity contribution in [2.45, 2.75) is 37.4 Å². The van der Waals surface area contributed by atoms with Gasteiger partial charge in [-0.3, -0.25) is 24.0 Å². The van der Waals surface area contributed by atoms with Gasteiger partial charge in [0.25, 0.3) is 0 Å². The van der Waals surface area contributed by atoms with E-state index in [0.29, 0.717) is 5.56 Å². The van der Waals surface area contributed by atoms with Crippen LogP contribution in [0.1, 0.15) is 18.4 Å². The Kier molecular flexibility index (Phi) is 11.0. The first kappa shape index (κ1) is 26.7. The summed E-state index contributed by atoms with van der Waals surface area (Å²) in [4.78, 5) is 58.9. The zero-order valence-electron chi connectivity index (χ0n) is 17.0. The summed E-state index contributed by atoms with van der Waals surface area (Å²) in [6.07, 6.45) is -0.799. The van der Waals surface area contributed by atoms with Crippen LogP contribution in [0, 0.1) is 0 Å². The molecule has 0 heterocycles. The molecule has 1 aromatic carbocycles. The van der Waals surface area contributed by atoms with Gasteiger partial charge in [-0.1, -0.05) is 12.1 Å². The van der Waals surface area contributed by atoms with Crippen molar-refractivity contribution in [3.63, 3.8) is 0 Å². The summed E-state index contributed by atoms with van der Waals surface area (Å²) in [5.74, 6) is -4.89. The van der Waals surface area contributed by atoms with Crippen LogP contribution in [0.4, 0.5) is 0 Å². The van der Waals surface area contributed by atoms with Crippen LogP contribution in [0.3, 0.4) is 0 Å². The Morgan fingerprint density at radius 3 is 2.03 bits per heavy atom. The van der Waals surface area contributed by atoms with E-state index < -0.39 is 60.8 Å². The number of carboxylic acid groups (broad SMARTS) is 2. The topological polar surface area (TPSA) is 208 Å². The van der Waals surface area contributed by atoms with Crippen LogP contribution in [0.2, 0.25) is 0 Å². The Hall–Kier alpha value is -3.32. The maximum atomic E-state index is 12.9. The lowest BCUT2D eigenvalue weighted by Gasteiger charge is -2.24. The summed E-state index contributed by atoms with van der Waals surface area (Å²) in [5, 5.41) is 33.9. The average Bonchev–Trinajstić information content (AvgIpc) is 2.74. The number of phenolic OH excluding ortho intramolecular Hbond substituents is 1. The molecule has 13 heteroatoms. The quantitative estimate of drug-likeness (QED) is 0.153. The van der Waals surface area contributed by atoms with Crippen molar-refractivity contribution in [3.05, 3.63) is 29.8 Å². The number of aromatic hydroxyl groups is 1. The van der Waals surface area contributed by atoms with E-state index in [-0.39, 0.29) is 24.3 Å². The van der Waals surface area contributed by atoms with E-state index in [1.54, 1.807) is 0 Å². The number of nitrogens with two attached hydrogens (primary N) is 1. The fourth-order valence-corrected chi connectivity index (χ4v) is 2.70. The van der Waals surface area contributed by atoms with Crippen LogP contribution < -0.4 is 21.7 Å². The minimum atomic E-state index is -1.35. The monoisotopic (exact) mass is 470 g/mol. The highest BCUT2D eigenvalue weighted by atomic mass is 32.1. The standard InChI is InChI=1S/C19H26N4O8S/c20-12(9-32)17(29)23-14(7-10-1-3-11(24)4-2-10)19(31)22-13(5-6-15(25)26)18(30)21-8-16(27)28/h1-4,12-14,24,32H,5-9,20H2,(H,21,30)(H,22,31)(H,23,29)(H,25,26)(H,27,28). The number of thiol groups is 1. The van der Waals surface area contributed by atoms with Crippen LogP contribution >= 0.6 is 12.6 Å². The average molecular weight is 471 g/mol. The number of nitrogens with one attached hydrogen (secondary N) is 3. The van der Waals surface area contributed by atoms with Crippen molar-refractivity contribution < 1.29 is 39.3 Å². The summed E-state index contributed by atoms with van der Waals surface area (Å²) < 4.78 is 0. The predicted octanol–water partition coefficient (Wildman–Crippen LogP) is -1.77. The molecular formula is C19H26N4O8S. The minimum absolute atomic E-state index is 0.000260. The second kappa shape index (κ2) is 13.2. The largest absolute Gasteiger partial charge is 0.508 e. The van der Waals surface area contributed by atoms with Gasteiger partial charge in [-0.15, -0.1) is 0 Å². The highest BCUT2D eigenvalue weighted by Gasteiger charge is 2.28. The predicted molar refractivity (Wildman–Crippen MR) is 115 cm³/mol. The molecular weight excluding hydrogens is 444 g/mol. The maximum Gasteiger partial charge on any atom is 0.322 e. The Labute approximate surface area is 189 Å². The molecule has 3 unspecified atom stereocenters. The van der Waals surface area contributed by atoms with E-state index in [4.69, 9.17) is 15.9 Å². The van der Waals surface area contributed by atoms with E-state index >= 15 is 0 Å². The lowest BCUT2D eigenvalue weighted by Crippen LogP contribution is -2.57. The molecule has 1 aromatic rings. The lowest BCUT2D eigenvalue weighted by molar-refractivity contribution is -0.140. The number of carbonyl (C=O) groups is 5. The van der Waals surface area contributed by atoms with Crippen molar-refractivity contribution in [3.8, 4) is 5.75 Å². The molecule has 0 aromatic heterocycles. The van der Waals surface area contributed by atoms with Crippen molar-refractivity contribution >= 4 is 42.3 Å². The molecule has 0 aliphatic heterocycles. The zero-order valence-corrected chi connectivity index (χ0v) is 17.9. The van der Waals surface area contributed by atoms with Gasteiger partial charge in [0.15, 0.2) is 0 Å². The molecule has 0 bridgehead atoms. The van der Waals surface area contributed by atoms with Gasteiger partial charge < -0.3 is 37.0 Å². The Bertz CT molecular complexity index is 833. The molecule has 0 radical (unpaired) electrons. The Morgan fingerprint density at radius 1 is 0.906 bits per heavy atom. The number of carbonyl (C=O) groups excluding carboxylic acids is 3. The van der Waals surface area contributed by atoms with Crippen molar-refractivity contribution in [2.75, 3.05) is 12.3 Å². The third-order valence-corrected chi connectivity index (χ3v) is 4.63. The van der Waals surface area contributed by atoms with Gasteiger partial charge >= 0.3 is 11.9 Å². The molecule has 0 saturated carbocycles. The smallest absolute Gasteiger partial charge is 0.322 e. The maximum absolute atomic E-state index is 12.9. The number of benzene rings is 1. The van der Waals surface area contributed by atoms with E-state index in [2.05, 4.69) is 28.6 Å². The number of amides is 3. The van der Waals surface area contributed by atoms with Crippen LogP contribution in [0.15, 0.2) is 24.3 Å². The number of aliphatic carboxylic acids is 2. The number of hydrogen-bond acceptors (Lipinski definition) is 8. The first-order valence-electron chi connectivity index (χ1n) is 9.49. The minimum Gasteiger partial charge on any atom is -0.508 e. The third-order valence-electron chi connectivity index (χ3n) is 4.24. The second-order valence-corrected chi connectivity index (χ2v) is 7.19. The Balaban J connectivity index is 3.03. The van der Waals surface area contributed by atoms with E-state index in [9.17, 15) is 29.1 Å². The summed E-state index contributed by atoms with van der Waals surface area (Å²) in [6, 6.07) is 2.29. The number of hydrogen-bond donors (Lipinski definition) is 8. The van der Waals surface area contributed by atoms with Gasteiger partial charge in [0.1, 0.15) is 24.4 Å². The van der Waals surface area contributed by atoms with Gasteiger partial charge in [-0.25, -0.2) is 0 Å². The van der Waals surface area contributed by atoms with Gasteiger partial charge in [0.2, 0.25) is 17.7 Å². The lowest BCUT2D eigenvalue weighted by atomic mass is 10.0. The molecule has 32 heavy (non-hydrogen) atoms. The van der Waals surface area contributed by atoms with E-state index in [1.807, 2.05) is 0 Å². The molecule has 0 fully saturated rings. The summed E-state index contributed by atoms with van der Waals surface area (Å²) in [7, 11) is 0. The fraction of sp³-hybridized carbons (Fsp3) is 0.421. The first-order valence-corrected chi connectivity index (χ1v) is 10.1. The number of carboxylic acids is 2. The van der Waals surface area contributed by atoms with E-state index in [1.165, 1.54) is 24.3 Å². The van der Waals surface area contributed by atoms with E-state index in [0.717, 1.165) is 0 Å². The first-order chi connectivity index (χ1) is 15.0. The van der Waals surface area contributed by atoms with Crippen LogP contribution in [-0.2, 0) is 30.4 Å². The molecule has 8 N–H and O–H groups in total. The third kappa shape index (κ3) is 9.66. The molecule has 0 spiro atoms. The molecule has 3 atom stereocenters. The Morgan fingerprint density at radius 2 is 1.50 bits per heavy atom. The zero-order chi connectivity index (χ0) is 24.3. The number of phenols is 1. The summed E-state index contributed by atoms with van der Waals surface area (Å²) in [6.45, 7) is -0.719. The van der Waals surface area contributed by atoms with Crippen molar-refractivity contribution in [1.82, 2.24) is 16.0 Å². The van der Waals surface area contributed by atoms with Crippen molar-refractivity contribution in [1.29, 1.82) is 0 Å². The molecule has 12 nitrogen and oxygen atoms in total. The molecule has 0 aliphatic rings. The highest BCUT2D eigenvalue weighted by molar-refractivity contribution is 7.80. The van der Waals surface area contributed by atoms with Crippen LogP contribution in [-0.4, -0.2) is 75.4 Å². The molecule has 0 saturated heterocycles. The SMILES string of the molecule is NC(CS)C(=O)NC(Cc1ccc(O)cc1)C(=O)NC(CCC(=O)O)C(=O)NCC(=O)O. The molecule has 3 amide bonds. The summed E-state index contributed by atoms with van der Waals surface area (Å²) >= 11 is 3.94. The highest BCUT2D eigenvalue weighted by Crippen LogP contribution is 2.12. The van der Waals surface area contributed by atoms with Crippen LogP contribution in [0.25, 0.3) is 0 Å². The normalized spacial score (nSPS) is 13.3. The van der Waals surface area contributed by atoms with Gasteiger partial charge in [-0.2, -0.15) is 12.6 Å². The molecule has 0 aliphatic carbocycles. The van der Waals surface area contributed by atoms with Crippen molar-refractivity contribution in [2.24, 2.45) is 5.73 Å². The van der Waals surface area contributed by atoms with Gasteiger partial charge in [0, 0.05) is 18.6 Å². The summed E-state index contributed by atoms with van der Waals surface area (Å²) in [5.41, 5.74) is 6.21. The fourth-order valence-electron chi connectivity index (χ4n) is 2.53. The molecule has 176 valence electrons. The second-order valence-electron chi connectivity index (χ2n) is 6.83. The van der Waals surface area contributed by atoms with Gasteiger partial charge in [-0.05, 0) is 24.1 Å². The number of rotatable bonds is 13. The molecule has 1 rings (SSSR count). The van der Waals surface area contributed by atoms with Crippen LogP contribution in [0.5, 0.6) is 5.75 Å².